The number of rotatable bonds is 2. The van der Waals surface area contributed by atoms with Crippen molar-refractivity contribution in [1.82, 2.24) is 0 Å². The Kier molecular flexibility index (Phi) is 2.54. The van der Waals surface area contributed by atoms with Crippen LogP contribution in [0.15, 0.2) is 24.3 Å². The molecule has 4 heteroatoms. The molecule has 0 atom stereocenters. The van der Waals surface area contributed by atoms with Crippen molar-refractivity contribution in [2.24, 2.45) is 0 Å². The van der Waals surface area contributed by atoms with Gasteiger partial charge >= 0.3 is 5.97 Å². The van der Waals surface area contributed by atoms with Gasteiger partial charge in [0, 0.05) is 11.8 Å². The summed E-state index contributed by atoms with van der Waals surface area (Å²) in [5.41, 5.74) is 6.28. The Hall–Kier alpha value is -1.97. The summed E-state index contributed by atoms with van der Waals surface area (Å²) in [5, 5.41) is 19.1. The van der Waals surface area contributed by atoms with Crippen LogP contribution in [-0.2, 0) is 4.79 Å². The number of nitrogens with two attached hydrogens (primary N) is 1. The summed E-state index contributed by atoms with van der Waals surface area (Å²) < 4.78 is 0. The molecule has 1 aromatic carbocycles. The Morgan fingerprint density at radius 2 is 2.23 bits per heavy atom. The minimum Gasteiger partial charge on any atom is -0.872 e. The lowest BCUT2D eigenvalue weighted by molar-refractivity contribution is -0.268. The molecule has 0 aliphatic rings. The van der Waals surface area contributed by atoms with Crippen molar-refractivity contribution in [1.29, 1.82) is 0 Å². The first-order valence-corrected chi connectivity index (χ1v) is 3.57. The molecule has 68 valence electrons. The number of benzene rings is 1. The number of nitrogen functional groups attached to an aromatic ring is 1. The molecule has 0 unspecified atom stereocenters. The van der Waals surface area contributed by atoms with Crippen molar-refractivity contribution < 1.29 is 15.0 Å². The van der Waals surface area contributed by atoms with E-state index in [9.17, 15) is 9.90 Å². The zero-order chi connectivity index (χ0) is 9.84. The third-order valence-electron chi connectivity index (χ3n) is 1.46. The number of carbonyl (C=O) groups is 1. The fraction of sp³-hybridized carbons (Fsp3) is 0. The predicted octanol–water partition coefficient (Wildman–Crippen LogP) is 0.440. The van der Waals surface area contributed by atoms with E-state index >= 15 is 0 Å². The largest absolute Gasteiger partial charge is 0.872 e. The van der Waals surface area contributed by atoms with E-state index in [1.807, 2.05) is 0 Å². The van der Waals surface area contributed by atoms with Crippen molar-refractivity contribution in [2.75, 3.05) is 5.73 Å². The zero-order valence-corrected chi connectivity index (χ0v) is 6.73. The van der Waals surface area contributed by atoms with Gasteiger partial charge in [-0.1, -0.05) is 12.1 Å². The van der Waals surface area contributed by atoms with Crippen molar-refractivity contribution in [3.63, 3.8) is 0 Å². The number of hydrogen-bond donors (Lipinski definition) is 2. The molecule has 1 aromatic rings. The Balaban J connectivity index is 2.96. The van der Waals surface area contributed by atoms with Crippen LogP contribution in [-0.4, -0.2) is 11.1 Å². The number of hydrogen-bond acceptors (Lipinski definition) is 3. The first kappa shape index (κ1) is 9.12. The van der Waals surface area contributed by atoms with Crippen LogP contribution >= 0.6 is 0 Å². The quantitative estimate of drug-likeness (QED) is 0.508. The maximum atomic E-state index is 10.8. The second-order valence-electron chi connectivity index (χ2n) is 2.46. The Morgan fingerprint density at radius 3 is 2.77 bits per heavy atom. The van der Waals surface area contributed by atoms with E-state index in [4.69, 9.17) is 10.8 Å². The number of aliphatic carboxylic acids is 1. The molecule has 0 saturated carbocycles. The van der Waals surface area contributed by atoms with Gasteiger partial charge in [0.25, 0.3) is 0 Å². The van der Waals surface area contributed by atoms with Gasteiger partial charge in [-0.25, -0.2) is 4.79 Å². The fourth-order valence-electron chi connectivity index (χ4n) is 0.866. The molecule has 4 nitrogen and oxygen atoms in total. The summed E-state index contributed by atoms with van der Waals surface area (Å²) in [6.45, 7) is 0. The van der Waals surface area contributed by atoms with E-state index < -0.39 is 5.97 Å². The molecule has 3 N–H and O–H groups in total. The maximum Gasteiger partial charge on any atom is 0.328 e. The molecule has 1 rings (SSSR count). The molecule has 0 heterocycles. The van der Waals surface area contributed by atoms with Gasteiger partial charge in [-0.05, 0) is 17.7 Å². The van der Waals surface area contributed by atoms with Crippen LogP contribution in [0.4, 0.5) is 5.69 Å². The van der Waals surface area contributed by atoms with Crippen LogP contribution < -0.4 is 10.8 Å². The second kappa shape index (κ2) is 3.62. The summed E-state index contributed by atoms with van der Waals surface area (Å²) in [7, 11) is 0. The molecule has 0 aliphatic heterocycles. The summed E-state index contributed by atoms with van der Waals surface area (Å²) in [6.07, 6.45) is 2.31. The van der Waals surface area contributed by atoms with Crippen LogP contribution in [0.3, 0.4) is 0 Å². The highest BCUT2D eigenvalue weighted by atomic mass is 16.4. The topological polar surface area (TPSA) is 86.4 Å². The zero-order valence-electron chi connectivity index (χ0n) is 6.73. The third-order valence-corrected chi connectivity index (χ3v) is 1.46. The fourth-order valence-corrected chi connectivity index (χ4v) is 0.866. The monoisotopic (exact) mass is 178 g/mol. The molecule has 0 saturated heterocycles. The maximum absolute atomic E-state index is 10.8. The average Bonchev–Trinajstić information content (AvgIpc) is 2.02. The van der Waals surface area contributed by atoms with Gasteiger partial charge in [-0.15, -0.1) is 5.75 Å². The van der Waals surface area contributed by atoms with Crippen LogP contribution in [0.1, 0.15) is 5.56 Å². The van der Waals surface area contributed by atoms with E-state index in [1.165, 1.54) is 24.3 Å². The van der Waals surface area contributed by atoms with Gasteiger partial charge < -0.3 is 15.9 Å². The Labute approximate surface area is 74.9 Å². The van der Waals surface area contributed by atoms with Crippen molar-refractivity contribution in [3.05, 3.63) is 29.8 Å². The summed E-state index contributed by atoms with van der Waals surface area (Å²) in [4.78, 5) is 10.2. The van der Waals surface area contributed by atoms with Gasteiger partial charge in [0.2, 0.25) is 0 Å². The number of carboxylic acids is 1. The molecular weight excluding hydrogens is 170 g/mol. The smallest absolute Gasteiger partial charge is 0.328 e. The van der Waals surface area contributed by atoms with Crippen molar-refractivity contribution in [3.8, 4) is 5.75 Å². The number of carboxylic acid groups (broad SMARTS) is 1. The molecule has 0 spiro atoms. The SMILES string of the molecule is Nc1cc([O-])ccc1/C=C/C(=O)O. The molecule has 0 bridgehead atoms. The molecule has 0 radical (unpaired) electrons. The van der Waals surface area contributed by atoms with Crippen LogP contribution in [0, 0.1) is 0 Å². The van der Waals surface area contributed by atoms with Crippen molar-refractivity contribution >= 4 is 17.7 Å². The lowest BCUT2D eigenvalue weighted by atomic mass is 10.1. The molecule has 0 aliphatic carbocycles. The van der Waals surface area contributed by atoms with Crippen LogP contribution in [0.5, 0.6) is 5.75 Å². The highest BCUT2D eigenvalue weighted by Crippen LogP contribution is 2.17. The first-order valence-electron chi connectivity index (χ1n) is 3.57. The van der Waals surface area contributed by atoms with Gasteiger partial charge in [0.15, 0.2) is 0 Å². The van der Waals surface area contributed by atoms with E-state index in [-0.39, 0.29) is 11.4 Å². The Bertz CT molecular complexity index is 358. The van der Waals surface area contributed by atoms with Gasteiger partial charge in [-0.3, -0.25) is 0 Å². The lowest BCUT2D eigenvalue weighted by Crippen LogP contribution is -1.95. The third kappa shape index (κ3) is 2.52. The predicted molar refractivity (Wildman–Crippen MR) is 47.0 cm³/mol. The van der Waals surface area contributed by atoms with E-state index in [1.54, 1.807) is 0 Å². The average molecular weight is 178 g/mol. The molecule has 0 aromatic heterocycles. The first-order chi connectivity index (χ1) is 6.09. The molecule has 0 amide bonds. The van der Waals surface area contributed by atoms with Gasteiger partial charge in [0.1, 0.15) is 0 Å². The highest BCUT2D eigenvalue weighted by molar-refractivity contribution is 5.86. The van der Waals surface area contributed by atoms with Gasteiger partial charge in [0.05, 0.1) is 0 Å². The minimum atomic E-state index is -1.05. The normalized spacial score (nSPS) is 10.5. The van der Waals surface area contributed by atoms with Crippen LogP contribution in [0.25, 0.3) is 6.08 Å². The highest BCUT2D eigenvalue weighted by Gasteiger charge is 1.93. The second-order valence-corrected chi connectivity index (χ2v) is 2.46. The van der Waals surface area contributed by atoms with Crippen molar-refractivity contribution in [2.45, 2.75) is 0 Å². The summed E-state index contributed by atoms with van der Waals surface area (Å²) in [5.74, 6) is -1.24. The van der Waals surface area contributed by atoms with E-state index in [0.717, 1.165) is 6.08 Å². The Morgan fingerprint density at radius 1 is 1.54 bits per heavy atom. The summed E-state index contributed by atoms with van der Waals surface area (Å²) >= 11 is 0. The minimum absolute atomic E-state index is 0.190. The number of anilines is 1. The van der Waals surface area contributed by atoms with E-state index in [0.29, 0.717) is 5.56 Å². The van der Waals surface area contributed by atoms with Crippen LogP contribution in [0.2, 0.25) is 0 Å². The lowest BCUT2D eigenvalue weighted by Gasteiger charge is -2.07. The molecular formula is C9H8NO3-. The molecule has 13 heavy (non-hydrogen) atoms. The van der Waals surface area contributed by atoms with Gasteiger partial charge in [-0.2, -0.15) is 0 Å². The van der Waals surface area contributed by atoms with E-state index in [2.05, 4.69) is 0 Å². The standard InChI is InChI=1S/C9H9NO3/c10-8-5-7(11)3-1-6(8)2-4-9(12)13/h1-5,11H,10H2,(H,12,13)/p-1/b4-2+. The summed E-state index contributed by atoms with van der Waals surface area (Å²) in [6, 6.07) is 4.07. The molecule has 0 fully saturated rings.